The lowest BCUT2D eigenvalue weighted by Gasteiger charge is -2.34. The van der Waals surface area contributed by atoms with Crippen LogP contribution in [-0.4, -0.2) is 37.0 Å². The van der Waals surface area contributed by atoms with E-state index >= 15 is 0 Å². The Morgan fingerprint density at radius 2 is 1.81 bits per heavy atom. The van der Waals surface area contributed by atoms with Crippen LogP contribution in [0.1, 0.15) is 43.5 Å². The average Bonchev–Trinajstić information content (AvgIpc) is 2.62. The smallest absolute Gasteiger partial charge is 0.338 e. The van der Waals surface area contributed by atoms with Crippen molar-refractivity contribution in [3.8, 4) is 5.75 Å². The molecule has 142 valence electrons. The van der Waals surface area contributed by atoms with Gasteiger partial charge in [0.2, 0.25) is 0 Å². The fourth-order valence-corrected chi connectivity index (χ4v) is 3.09. The number of primary amides is 1. The number of nitrogens with one attached hydrogen (secondary N) is 1. The van der Waals surface area contributed by atoms with E-state index in [4.69, 9.17) is 15.2 Å². The normalized spacial score (nSPS) is 22.3. The number of ether oxygens (including phenoxy) is 2. The molecule has 0 radical (unpaired) electrons. The predicted octanol–water partition coefficient (Wildman–Crippen LogP) is 1.65. The Kier molecular flexibility index (Phi) is 7.00. The largest absolute Gasteiger partial charge is 0.484 e. The zero-order chi connectivity index (χ0) is 19.1. The van der Waals surface area contributed by atoms with Gasteiger partial charge in [-0.3, -0.25) is 9.59 Å². The van der Waals surface area contributed by atoms with E-state index in [-0.39, 0.29) is 25.2 Å². The SMILES string of the molecule is CC1CCCC(NC(=O)COC(=O)c2ccc(OCC(N)=O)cc2)C1C. The molecule has 7 heteroatoms. The summed E-state index contributed by atoms with van der Waals surface area (Å²) in [5.74, 6) is -0.0553. The summed E-state index contributed by atoms with van der Waals surface area (Å²) in [5.41, 5.74) is 5.29. The molecule has 1 aromatic carbocycles. The number of carbonyl (C=O) groups is 3. The topological polar surface area (TPSA) is 108 Å². The number of esters is 1. The van der Waals surface area contributed by atoms with Crippen molar-refractivity contribution in [1.82, 2.24) is 5.32 Å². The minimum absolute atomic E-state index is 0.131. The van der Waals surface area contributed by atoms with Gasteiger partial charge in [0, 0.05) is 6.04 Å². The molecule has 0 aliphatic heterocycles. The summed E-state index contributed by atoms with van der Waals surface area (Å²) in [5, 5.41) is 2.96. The number of nitrogens with two attached hydrogens (primary N) is 1. The Morgan fingerprint density at radius 3 is 2.46 bits per heavy atom. The molecule has 0 saturated heterocycles. The summed E-state index contributed by atoms with van der Waals surface area (Å²) in [6.45, 7) is 3.79. The molecule has 3 N–H and O–H groups in total. The van der Waals surface area contributed by atoms with E-state index in [1.165, 1.54) is 30.7 Å². The molecule has 0 aromatic heterocycles. The van der Waals surface area contributed by atoms with Crippen LogP contribution in [0.15, 0.2) is 24.3 Å². The van der Waals surface area contributed by atoms with Gasteiger partial charge in [-0.05, 0) is 42.5 Å². The maximum absolute atomic E-state index is 12.1. The highest BCUT2D eigenvalue weighted by Gasteiger charge is 2.28. The summed E-state index contributed by atoms with van der Waals surface area (Å²) >= 11 is 0. The third-order valence-electron chi connectivity index (χ3n) is 4.86. The maximum atomic E-state index is 12.1. The van der Waals surface area contributed by atoms with Crippen LogP contribution in [0, 0.1) is 11.8 Å². The lowest BCUT2D eigenvalue weighted by Crippen LogP contribution is -2.45. The second-order valence-corrected chi connectivity index (χ2v) is 6.80. The van der Waals surface area contributed by atoms with Crippen LogP contribution >= 0.6 is 0 Å². The van der Waals surface area contributed by atoms with Crippen molar-refractivity contribution >= 4 is 17.8 Å². The van der Waals surface area contributed by atoms with Crippen molar-refractivity contribution in [3.05, 3.63) is 29.8 Å². The van der Waals surface area contributed by atoms with Crippen LogP contribution in [-0.2, 0) is 14.3 Å². The van der Waals surface area contributed by atoms with E-state index in [1.54, 1.807) is 0 Å². The molecule has 1 fully saturated rings. The van der Waals surface area contributed by atoms with Gasteiger partial charge in [0.15, 0.2) is 13.2 Å². The molecule has 2 rings (SSSR count). The van der Waals surface area contributed by atoms with Crippen molar-refractivity contribution in [1.29, 1.82) is 0 Å². The molecule has 0 heterocycles. The zero-order valence-corrected chi connectivity index (χ0v) is 15.2. The molecular formula is C19H26N2O5. The summed E-state index contributed by atoms with van der Waals surface area (Å²) in [7, 11) is 0. The highest BCUT2D eigenvalue weighted by atomic mass is 16.5. The standard InChI is InChI=1S/C19H26N2O5/c1-12-4-3-5-16(13(12)2)21-18(23)11-26-19(24)14-6-8-15(9-7-14)25-10-17(20)22/h6-9,12-13,16H,3-5,10-11H2,1-2H3,(H2,20,22)(H,21,23). The molecule has 0 bridgehead atoms. The molecule has 26 heavy (non-hydrogen) atoms. The van der Waals surface area contributed by atoms with Gasteiger partial charge < -0.3 is 20.5 Å². The Morgan fingerprint density at radius 1 is 1.12 bits per heavy atom. The first-order chi connectivity index (χ1) is 12.4. The van der Waals surface area contributed by atoms with Crippen molar-refractivity contribution in [2.45, 2.75) is 39.2 Å². The number of hydrogen-bond acceptors (Lipinski definition) is 5. The summed E-state index contributed by atoms with van der Waals surface area (Å²) in [6, 6.07) is 6.20. The van der Waals surface area contributed by atoms with Crippen LogP contribution < -0.4 is 15.8 Å². The van der Waals surface area contributed by atoms with Gasteiger partial charge >= 0.3 is 5.97 Å². The van der Waals surface area contributed by atoms with Crippen LogP contribution in [0.2, 0.25) is 0 Å². The van der Waals surface area contributed by atoms with Crippen molar-refractivity contribution < 1.29 is 23.9 Å². The Balaban J connectivity index is 1.78. The van der Waals surface area contributed by atoms with Crippen molar-refractivity contribution in [2.24, 2.45) is 17.6 Å². The van der Waals surface area contributed by atoms with E-state index in [0.29, 0.717) is 23.1 Å². The van der Waals surface area contributed by atoms with Gasteiger partial charge in [-0.25, -0.2) is 4.79 Å². The van der Waals surface area contributed by atoms with E-state index < -0.39 is 11.9 Å². The summed E-state index contributed by atoms with van der Waals surface area (Å²) in [6.07, 6.45) is 3.24. The molecule has 3 atom stereocenters. The van der Waals surface area contributed by atoms with Gasteiger partial charge in [0.25, 0.3) is 11.8 Å². The highest BCUT2D eigenvalue weighted by molar-refractivity contribution is 5.91. The molecule has 0 spiro atoms. The monoisotopic (exact) mass is 362 g/mol. The minimum atomic E-state index is -0.591. The van der Waals surface area contributed by atoms with E-state index in [2.05, 4.69) is 19.2 Å². The number of benzene rings is 1. The first kappa shape index (κ1) is 19.8. The van der Waals surface area contributed by atoms with Gasteiger partial charge in [0.05, 0.1) is 5.56 Å². The maximum Gasteiger partial charge on any atom is 0.338 e. The molecule has 2 amide bonds. The number of amides is 2. The van der Waals surface area contributed by atoms with E-state index in [9.17, 15) is 14.4 Å². The fraction of sp³-hybridized carbons (Fsp3) is 0.526. The molecule has 1 aliphatic carbocycles. The number of carbonyl (C=O) groups excluding carboxylic acids is 3. The summed E-state index contributed by atoms with van der Waals surface area (Å²) in [4.78, 5) is 34.7. The van der Waals surface area contributed by atoms with Gasteiger partial charge in [-0.1, -0.05) is 26.7 Å². The minimum Gasteiger partial charge on any atom is -0.484 e. The molecule has 1 aromatic rings. The van der Waals surface area contributed by atoms with Gasteiger partial charge in [-0.2, -0.15) is 0 Å². The molecular weight excluding hydrogens is 336 g/mol. The second-order valence-electron chi connectivity index (χ2n) is 6.80. The lowest BCUT2D eigenvalue weighted by atomic mass is 9.78. The van der Waals surface area contributed by atoms with Crippen molar-refractivity contribution in [2.75, 3.05) is 13.2 Å². The third kappa shape index (κ3) is 5.75. The second kappa shape index (κ2) is 9.22. The van der Waals surface area contributed by atoms with Gasteiger partial charge in [0.1, 0.15) is 5.75 Å². The van der Waals surface area contributed by atoms with Crippen LogP contribution in [0.5, 0.6) is 5.75 Å². The van der Waals surface area contributed by atoms with E-state index in [1.807, 2.05) is 0 Å². The zero-order valence-electron chi connectivity index (χ0n) is 15.2. The highest BCUT2D eigenvalue weighted by Crippen LogP contribution is 2.29. The number of hydrogen-bond donors (Lipinski definition) is 2. The predicted molar refractivity (Wildman–Crippen MR) is 95.5 cm³/mol. The first-order valence-corrected chi connectivity index (χ1v) is 8.84. The summed E-state index contributed by atoms with van der Waals surface area (Å²) < 4.78 is 10.2. The van der Waals surface area contributed by atoms with Gasteiger partial charge in [-0.15, -0.1) is 0 Å². The molecule has 1 aliphatic rings. The van der Waals surface area contributed by atoms with Crippen molar-refractivity contribution in [3.63, 3.8) is 0 Å². The third-order valence-corrected chi connectivity index (χ3v) is 4.86. The van der Waals surface area contributed by atoms with Crippen LogP contribution in [0.3, 0.4) is 0 Å². The Bertz CT molecular complexity index is 644. The number of rotatable bonds is 7. The molecule has 3 unspecified atom stereocenters. The fourth-order valence-electron chi connectivity index (χ4n) is 3.09. The Labute approximate surface area is 153 Å². The Hall–Kier alpha value is -2.57. The molecule has 1 saturated carbocycles. The first-order valence-electron chi connectivity index (χ1n) is 8.84. The lowest BCUT2D eigenvalue weighted by molar-refractivity contribution is -0.125. The van der Waals surface area contributed by atoms with Crippen LogP contribution in [0.4, 0.5) is 0 Å². The quantitative estimate of drug-likeness (QED) is 0.717. The average molecular weight is 362 g/mol. The van der Waals surface area contributed by atoms with E-state index in [0.717, 1.165) is 12.8 Å². The van der Waals surface area contributed by atoms with Crippen LogP contribution in [0.25, 0.3) is 0 Å². The molecule has 7 nitrogen and oxygen atoms in total.